The van der Waals surface area contributed by atoms with E-state index in [1.807, 2.05) is 32.0 Å². The van der Waals surface area contributed by atoms with Crippen LogP contribution in [0.2, 0.25) is 5.02 Å². The molecule has 0 aromatic heterocycles. The Bertz CT molecular complexity index is 624. The van der Waals surface area contributed by atoms with Gasteiger partial charge in [-0.3, -0.25) is 0 Å². The summed E-state index contributed by atoms with van der Waals surface area (Å²) in [6, 6.07) is 14.3. The summed E-state index contributed by atoms with van der Waals surface area (Å²) < 4.78 is 0. The maximum atomic E-state index is 6.27. The zero-order chi connectivity index (χ0) is 14.0. The standard InChI is InChI=1S/C17H18ClN/c1-11-4-7-14(8-5-11)13(3)17(19)15-9-6-12(2)10-16(15)18/h4-10H,19H2,1-3H3/b17-13+. The Hall–Kier alpha value is -1.73. The average Bonchev–Trinajstić information content (AvgIpc) is 2.38. The summed E-state index contributed by atoms with van der Waals surface area (Å²) in [5.74, 6) is 0. The molecule has 2 N–H and O–H groups in total. The Balaban J connectivity index is 2.48. The maximum absolute atomic E-state index is 6.27. The lowest BCUT2D eigenvalue weighted by atomic mass is 10.00. The average molecular weight is 272 g/mol. The van der Waals surface area contributed by atoms with Crippen LogP contribution < -0.4 is 5.73 Å². The number of benzene rings is 2. The highest BCUT2D eigenvalue weighted by Gasteiger charge is 2.08. The highest BCUT2D eigenvalue weighted by molar-refractivity contribution is 6.32. The molecule has 98 valence electrons. The third kappa shape index (κ3) is 2.99. The van der Waals surface area contributed by atoms with Crippen LogP contribution in [0.5, 0.6) is 0 Å². The molecule has 0 heterocycles. The van der Waals surface area contributed by atoms with E-state index >= 15 is 0 Å². The lowest BCUT2D eigenvalue weighted by molar-refractivity contribution is 1.41. The Morgan fingerprint density at radius 3 is 2.11 bits per heavy atom. The second-order valence-electron chi connectivity index (χ2n) is 4.89. The summed E-state index contributed by atoms with van der Waals surface area (Å²) in [6.07, 6.45) is 0. The van der Waals surface area contributed by atoms with Gasteiger partial charge in [-0.1, -0.05) is 53.6 Å². The van der Waals surface area contributed by atoms with E-state index in [0.29, 0.717) is 5.02 Å². The van der Waals surface area contributed by atoms with Gasteiger partial charge in [0.2, 0.25) is 0 Å². The molecule has 0 aliphatic heterocycles. The van der Waals surface area contributed by atoms with Crippen molar-refractivity contribution in [3.8, 4) is 0 Å². The maximum Gasteiger partial charge on any atom is 0.0501 e. The van der Waals surface area contributed by atoms with E-state index < -0.39 is 0 Å². The predicted octanol–water partition coefficient (Wildman–Crippen LogP) is 4.80. The topological polar surface area (TPSA) is 26.0 Å². The first-order valence-electron chi connectivity index (χ1n) is 6.29. The van der Waals surface area contributed by atoms with Crippen LogP contribution in [0, 0.1) is 13.8 Å². The fraction of sp³-hybridized carbons (Fsp3) is 0.176. The van der Waals surface area contributed by atoms with Crippen LogP contribution in [0.1, 0.15) is 29.2 Å². The fourth-order valence-electron chi connectivity index (χ4n) is 2.00. The number of hydrogen-bond acceptors (Lipinski definition) is 1. The molecule has 0 radical (unpaired) electrons. The van der Waals surface area contributed by atoms with E-state index in [-0.39, 0.29) is 0 Å². The molecule has 0 aliphatic rings. The molecule has 1 nitrogen and oxygen atoms in total. The summed E-state index contributed by atoms with van der Waals surface area (Å²) >= 11 is 6.27. The van der Waals surface area contributed by atoms with Gasteiger partial charge in [0.1, 0.15) is 0 Å². The first-order valence-corrected chi connectivity index (χ1v) is 6.67. The minimum atomic E-state index is 0.698. The van der Waals surface area contributed by atoms with Crippen LogP contribution >= 0.6 is 11.6 Å². The van der Waals surface area contributed by atoms with Crippen molar-refractivity contribution in [2.24, 2.45) is 5.73 Å². The van der Waals surface area contributed by atoms with Crippen molar-refractivity contribution in [2.45, 2.75) is 20.8 Å². The third-order valence-electron chi connectivity index (χ3n) is 3.30. The summed E-state index contributed by atoms with van der Waals surface area (Å²) in [5, 5.41) is 0.698. The number of rotatable bonds is 2. The zero-order valence-electron chi connectivity index (χ0n) is 11.5. The summed E-state index contributed by atoms with van der Waals surface area (Å²) in [4.78, 5) is 0. The van der Waals surface area contributed by atoms with E-state index in [9.17, 15) is 0 Å². The highest BCUT2D eigenvalue weighted by Crippen LogP contribution is 2.28. The van der Waals surface area contributed by atoms with Crippen molar-refractivity contribution in [1.82, 2.24) is 0 Å². The molecule has 2 heteroatoms. The van der Waals surface area contributed by atoms with Crippen LogP contribution in [0.25, 0.3) is 11.3 Å². The van der Waals surface area contributed by atoms with Crippen molar-refractivity contribution in [2.75, 3.05) is 0 Å². The molecule has 0 bridgehead atoms. The highest BCUT2D eigenvalue weighted by atomic mass is 35.5. The molecule has 0 aliphatic carbocycles. The molecule has 0 saturated carbocycles. The lowest BCUT2D eigenvalue weighted by Crippen LogP contribution is -2.01. The van der Waals surface area contributed by atoms with Crippen LogP contribution in [-0.2, 0) is 0 Å². The smallest absolute Gasteiger partial charge is 0.0501 e. The van der Waals surface area contributed by atoms with Crippen LogP contribution in [-0.4, -0.2) is 0 Å². The van der Waals surface area contributed by atoms with Crippen LogP contribution in [0.15, 0.2) is 42.5 Å². The number of halogens is 1. The second kappa shape index (κ2) is 5.50. The summed E-state index contributed by atoms with van der Waals surface area (Å²) in [6.45, 7) is 6.11. The van der Waals surface area contributed by atoms with Gasteiger partial charge in [-0.15, -0.1) is 0 Å². The van der Waals surface area contributed by atoms with E-state index in [4.69, 9.17) is 17.3 Å². The molecule has 0 atom stereocenters. The molecule has 19 heavy (non-hydrogen) atoms. The molecule has 0 saturated heterocycles. The number of allylic oxidation sites excluding steroid dienone is 1. The number of nitrogens with two attached hydrogens (primary N) is 1. The first-order chi connectivity index (χ1) is 8.99. The van der Waals surface area contributed by atoms with Gasteiger partial charge in [0, 0.05) is 11.3 Å². The Kier molecular flexibility index (Phi) is 3.96. The van der Waals surface area contributed by atoms with E-state index in [0.717, 1.165) is 28.0 Å². The Labute approximate surface area is 119 Å². The third-order valence-corrected chi connectivity index (χ3v) is 3.62. The van der Waals surface area contributed by atoms with Gasteiger partial charge in [0.25, 0.3) is 0 Å². The Morgan fingerprint density at radius 1 is 0.947 bits per heavy atom. The molecule has 2 aromatic carbocycles. The Morgan fingerprint density at radius 2 is 1.53 bits per heavy atom. The van der Waals surface area contributed by atoms with Crippen molar-refractivity contribution in [3.63, 3.8) is 0 Å². The SMILES string of the molecule is C/C(=C(\N)c1ccc(C)cc1Cl)c1ccc(C)cc1. The van der Waals surface area contributed by atoms with E-state index in [2.05, 4.69) is 31.2 Å². The first kappa shape index (κ1) is 13.7. The molecule has 2 aromatic rings. The molecular weight excluding hydrogens is 254 g/mol. The second-order valence-corrected chi connectivity index (χ2v) is 5.30. The molecule has 0 fully saturated rings. The molecule has 2 rings (SSSR count). The summed E-state index contributed by atoms with van der Waals surface area (Å²) in [7, 11) is 0. The number of hydrogen-bond donors (Lipinski definition) is 1. The van der Waals surface area contributed by atoms with Crippen molar-refractivity contribution in [1.29, 1.82) is 0 Å². The zero-order valence-corrected chi connectivity index (χ0v) is 12.3. The van der Waals surface area contributed by atoms with Crippen molar-refractivity contribution < 1.29 is 0 Å². The number of aryl methyl sites for hydroxylation is 2. The normalized spacial score (nSPS) is 12.2. The molecule has 0 unspecified atom stereocenters. The van der Waals surface area contributed by atoms with E-state index in [1.165, 1.54) is 5.56 Å². The van der Waals surface area contributed by atoms with Crippen molar-refractivity contribution in [3.05, 3.63) is 69.7 Å². The fourth-order valence-corrected chi connectivity index (χ4v) is 2.34. The lowest BCUT2D eigenvalue weighted by Gasteiger charge is -2.11. The largest absolute Gasteiger partial charge is 0.398 e. The monoisotopic (exact) mass is 271 g/mol. The van der Waals surface area contributed by atoms with Gasteiger partial charge >= 0.3 is 0 Å². The molecular formula is C17H18ClN. The van der Waals surface area contributed by atoms with Crippen LogP contribution in [0.3, 0.4) is 0 Å². The minimum absolute atomic E-state index is 0.698. The molecule has 0 spiro atoms. The van der Waals surface area contributed by atoms with Gasteiger partial charge in [-0.2, -0.15) is 0 Å². The van der Waals surface area contributed by atoms with Crippen molar-refractivity contribution >= 4 is 22.9 Å². The van der Waals surface area contributed by atoms with E-state index in [1.54, 1.807) is 0 Å². The van der Waals surface area contributed by atoms with Gasteiger partial charge in [-0.05, 0) is 43.5 Å². The van der Waals surface area contributed by atoms with Crippen LogP contribution in [0.4, 0.5) is 0 Å². The quantitative estimate of drug-likeness (QED) is 0.780. The predicted molar refractivity (Wildman–Crippen MR) is 84.0 cm³/mol. The van der Waals surface area contributed by atoms with Gasteiger partial charge < -0.3 is 5.73 Å². The van der Waals surface area contributed by atoms with Gasteiger partial charge in [0.15, 0.2) is 0 Å². The summed E-state index contributed by atoms with van der Waals surface area (Å²) in [5.41, 5.74) is 12.4. The minimum Gasteiger partial charge on any atom is -0.398 e. The van der Waals surface area contributed by atoms with Gasteiger partial charge in [-0.25, -0.2) is 0 Å². The van der Waals surface area contributed by atoms with Gasteiger partial charge in [0.05, 0.1) is 5.02 Å². The molecule has 0 amide bonds.